The number of aromatic hydroxyl groups is 1. The van der Waals surface area contributed by atoms with Crippen LogP contribution in [0.4, 0.5) is 5.69 Å². The van der Waals surface area contributed by atoms with Gasteiger partial charge in [-0.05, 0) is 59.0 Å². The maximum absolute atomic E-state index is 12.1. The maximum Gasteiger partial charge on any atom is 0.256 e. The molecular weight excluding hydrogens is 424 g/mol. The van der Waals surface area contributed by atoms with Crippen molar-refractivity contribution in [2.45, 2.75) is 0 Å². The Morgan fingerprint density at radius 2 is 1.95 bits per heavy atom. The number of nitrogens with one attached hydrogen (secondary N) is 1. The van der Waals surface area contributed by atoms with Gasteiger partial charge in [0.25, 0.3) is 5.91 Å². The van der Waals surface area contributed by atoms with E-state index in [-0.39, 0.29) is 16.7 Å². The molecule has 106 valence electrons. The van der Waals surface area contributed by atoms with Crippen LogP contribution in [-0.2, 0) is 4.79 Å². The number of amides is 1. The molecule has 0 aliphatic carbocycles. The van der Waals surface area contributed by atoms with Crippen molar-refractivity contribution in [2.24, 2.45) is 0 Å². The zero-order valence-corrected chi connectivity index (χ0v) is 14.1. The first-order valence-electron chi connectivity index (χ1n) is 5.96. The number of carbonyl (C=O) groups excluding carboxylic acids is 1. The van der Waals surface area contributed by atoms with E-state index >= 15 is 0 Å². The highest BCUT2D eigenvalue weighted by Crippen LogP contribution is 2.38. The van der Waals surface area contributed by atoms with Gasteiger partial charge >= 0.3 is 0 Å². The van der Waals surface area contributed by atoms with Crippen LogP contribution in [0.25, 0.3) is 11.6 Å². The molecule has 6 heteroatoms. The molecule has 0 radical (unpaired) electrons. The summed E-state index contributed by atoms with van der Waals surface area (Å²) in [5, 5.41) is 13.3. The van der Waals surface area contributed by atoms with Crippen molar-refractivity contribution in [1.29, 1.82) is 0 Å². The Kier molecular flexibility index (Phi) is 3.86. The lowest BCUT2D eigenvalue weighted by Gasteiger charge is -2.04. The van der Waals surface area contributed by atoms with Gasteiger partial charge in [-0.2, -0.15) is 0 Å². The highest BCUT2D eigenvalue weighted by atomic mass is 127. The summed E-state index contributed by atoms with van der Waals surface area (Å²) in [5.74, 6) is -0.317. The summed E-state index contributed by atoms with van der Waals surface area (Å²) >= 11 is 14.0. The van der Waals surface area contributed by atoms with Crippen LogP contribution in [0.2, 0.25) is 10.0 Å². The van der Waals surface area contributed by atoms with Crippen LogP contribution in [0.5, 0.6) is 5.75 Å². The molecule has 0 unspecified atom stereocenters. The molecule has 0 bridgehead atoms. The van der Waals surface area contributed by atoms with E-state index in [0.29, 0.717) is 16.2 Å². The Labute approximate surface area is 144 Å². The lowest BCUT2D eigenvalue weighted by Crippen LogP contribution is -2.03. The smallest absolute Gasteiger partial charge is 0.256 e. The second kappa shape index (κ2) is 5.51. The fraction of sp³-hybridized carbons (Fsp3) is 0. The number of halogens is 3. The van der Waals surface area contributed by atoms with E-state index in [1.165, 1.54) is 6.07 Å². The number of hydrogen-bond acceptors (Lipinski definition) is 2. The van der Waals surface area contributed by atoms with E-state index < -0.39 is 0 Å². The Balaban J connectivity index is 2.18. The van der Waals surface area contributed by atoms with Gasteiger partial charge in [-0.25, -0.2) is 0 Å². The van der Waals surface area contributed by atoms with Gasteiger partial charge in [-0.15, -0.1) is 0 Å². The van der Waals surface area contributed by atoms with Gasteiger partial charge in [0.2, 0.25) is 0 Å². The van der Waals surface area contributed by atoms with Gasteiger partial charge in [0.15, 0.2) is 0 Å². The first-order chi connectivity index (χ1) is 9.95. The molecule has 0 atom stereocenters. The lowest BCUT2D eigenvalue weighted by atomic mass is 10.0. The minimum atomic E-state index is -0.220. The molecule has 3 nitrogen and oxygen atoms in total. The fourth-order valence-corrected chi connectivity index (χ4v) is 3.16. The van der Waals surface area contributed by atoms with Crippen molar-refractivity contribution in [3.05, 3.63) is 55.1 Å². The van der Waals surface area contributed by atoms with Crippen molar-refractivity contribution >= 4 is 69.0 Å². The van der Waals surface area contributed by atoms with Crippen LogP contribution >= 0.6 is 45.8 Å². The number of rotatable bonds is 1. The minimum absolute atomic E-state index is 0.0968. The number of carbonyl (C=O) groups is 1. The predicted octanol–water partition coefficient (Wildman–Crippen LogP) is 4.80. The van der Waals surface area contributed by atoms with Gasteiger partial charge in [0, 0.05) is 31.0 Å². The van der Waals surface area contributed by atoms with Gasteiger partial charge < -0.3 is 10.4 Å². The van der Waals surface area contributed by atoms with E-state index in [4.69, 9.17) is 23.2 Å². The van der Waals surface area contributed by atoms with Crippen LogP contribution in [0.1, 0.15) is 11.1 Å². The van der Waals surface area contributed by atoms with Crippen molar-refractivity contribution in [2.75, 3.05) is 5.32 Å². The molecule has 2 aromatic carbocycles. The molecule has 1 aliphatic heterocycles. The number of benzene rings is 2. The molecular formula is C15H8Cl2INO2. The van der Waals surface area contributed by atoms with E-state index in [9.17, 15) is 9.90 Å². The van der Waals surface area contributed by atoms with E-state index in [1.807, 2.05) is 18.2 Å². The SMILES string of the molecule is O=C1Nc2ccc(I)cc2C1=Cc1cc(Cl)cc(Cl)c1O. The highest BCUT2D eigenvalue weighted by molar-refractivity contribution is 14.1. The molecule has 0 saturated heterocycles. The van der Waals surface area contributed by atoms with Crippen LogP contribution < -0.4 is 5.32 Å². The van der Waals surface area contributed by atoms with Crippen LogP contribution in [0.15, 0.2) is 30.3 Å². The number of hydrogen-bond donors (Lipinski definition) is 2. The second-order valence-electron chi connectivity index (χ2n) is 4.53. The summed E-state index contributed by atoms with van der Waals surface area (Å²) in [6.45, 7) is 0. The summed E-state index contributed by atoms with van der Waals surface area (Å²) in [6.07, 6.45) is 1.59. The largest absolute Gasteiger partial charge is 0.506 e. The predicted molar refractivity (Wildman–Crippen MR) is 93.8 cm³/mol. The van der Waals surface area contributed by atoms with E-state index in [2.05, 4.69) is 27.9 Å². The van der Waals surface area contributed by atoms with Crippen molar-refractivity contribution in [3.63, 3.8) is 0 Å². The van der Waals surface area contributed by atoms with Crippen molar-refractivity contribution in [1.82, 2.24) is 0 Å². The molecule has 0 aromatic heterocycles. The van der Waals surface area contributed by atoms with Gasteiger partial charge in [-0.1, -0.05) is 23.2 Å². The molecule has 1 heterocycles. The Hall–Kier alpha value is -1.24. The molecule has 1 amide bonds. The maximum atomic E-state index is 12.1. The summed E-state index contributed by atoms with van der Waals surface area (Å²) in [5.41, 5.74) is 2.42. The summed E-state index contributed by atoms with van der Waals surface area (Å²) < 4.78 is 1.02. The molecule has 2 N–H and O–H groups in total. The molecule has 3 rings (SSSR count). The zero-order valence-electron chi connectivity index (χ0n) is 10.5. The average molecular weight is 432 g/mol. The van der Waals surface area contributed by atoms with E-state index in [0.717, 1.165) is 14.8 Å². The molecule has 1 aliphatic rings. The second-order valence-corrected chi connectivity index (χ2v) is 6.62. The van der Waals surface area contributed by atoms with Crippen LogP contribution in [-0.4, -0.2) is 11.0 Å². The monoisotopic (exact) mass is 431 g/mol. The van der Waals surface area contributed by atoms with Crippen molar-refractivity contribution in [3.8, 4) is 5.75 Å². The van der Waals surface area contributed by atoms with E-state index in [1.54, 1.807) is 12.1 Å². The quantitative estimate of drug-likeness (QED) is 0.503. The Bertz CT molecular complexity index is 803. The highest BCUT2D eigenvalue weighted by Gasteiger charge is 2.24. The van der Waals surface area contributed by atoms with Gasteiger partial charge in [0.1, 0.15) is 5.75 Å². The summed E-state index contributed by atoms with van der Waals surface area (Å²) in [7, 11) is 0. The lowest BCUT2D eigenvalue weighted by molar-refractivity contribution is -0.110. The number of phenolic OH excluding ortho intramolecular Hbond substituents is 1. The number of phenols is 1. The number of anilines is 1. The third-order valence-corrected chi connectivity index (χ3v) is 4.30. The van der Waals surface area contributed by atoms with Crippen LogP contribution in [0.3, 0.4) is 0 Å². The third kappa shape index (κ3) is 2.75. The molecule has 2 aromatic rings. The van der Waals surface area contributed by atoms with Gasteiger partial charge in [-0.3, -0.25) is 4.79 Å². The first kappa shape index (κ1) is 14.7. The standard InChI is InChI=1S/C15H8Cl2INO2/c16-8-3-7(14(20)12(17)5-8)4-11-10-6-9(18)1-2-13(10)19-15(11)21/h1-6,20H,(H,19,21). The molecule has 0 saturated carbocycles. The Morgan fingerprint density at radius 1 is 1.19 bits per heavy atom. The van der Waals surface area contributed by atoms with Gasteiger partial charge in [0.05, 0.1) is 5.02 Å². The molecule has 0 fully saturated rings. The average Bonchev–Trinajstić information content (AvgIpc) is 2.72. The zero-order chi connectivity index (χ0) is 15.1. The molecule has 0 spiro atoms. The number of fused-ring (bicyclic) bond motifs is 1. The Morgan fingerprint density at radius 3 is 2.71 bits per heavy atom. The normalized spacial score (nSPS) is 15.2. The topological polar surface area (TPSA) is 49.3 Å². The molecule has 21 heavy (non-hydrogen) atoms. The van der Waals surface area contributed by atoms with Crippen molar-refractivity contribution < 1.29 is 9.90 Å². The fourth-order valence-electron chi connectivity index (χ4n) is 2.15. The third-order valence-electron chi connectivity index (χ3n) is 3.12. The summed E-state index contributed by atoms with van der Waals surface area (Å²) in [4.78, 5) is 12.1. The first-order valence-corrected chi connectivity index (χ1v) is 7.80. The van der Waals surface area contributed by atoms with Crippen LogP contribution in [0, 0.1) is 3.57 Å². The minimum Gasteiger partial charge on any atom is -0.506 e. The summed E-state index contributed by atoms with van der Waals surface area (Å²) in [6, 6.07) is 8.68.